The van der Waals surface area contributed by atoms with Crippen LogP contribution < -0.4 is 0 Å². The molecule has 4 nitrogen and oxygen atoms in total. The van der Waals surface area contributed by atoms with Crippen molar-refractivity contribution >= 4 is 11.7 Å². The standard InChI is InChI=1S/C15H17F3N2O2/c16-15(17,18)11-20-9-8-19(10-14(20)22)7-6-13(21)12-4-2-1-3-5-12/h1-5H,6-11H2. The number of hydrogen-bond acceptors (Lipinski definition) is 3. The fraction of sp³-hybridized carbons (Fsp3) is 0.467. The molecule has 0 saturated carbocycles. The first-order valence-corrected chi connectivity index (χ1v) is 7.00. The van der Waals surface area contributed by atoms with Gasteiger partial charge in [0.25, 0.3) is 0 Å². The lowest BCUT2D eigenvalue weighted by Gasteiger charge is -2.34. The first-order chi connectivity index (χ1) is 10.3. The number of halogens is 3. The molecule has 0 bridgehead atoms. The largest absolute Gasteiger partial charge is 0.406 e. The fourth-order valence-corrected chi connectivity index (χ4v) is 2.36. The predicted molar refractivity (Wildman–Crippen MR) is 74.5 cm³/mol. The monoisotopic (exact) mass is 314 g/mol. The minimum atomic E-state index is -4.37. The highest BCUT2D eigenvalue weighted by Gasteiger charge is 2.35. The van der Waals surface area contributed by atoms with Crippen molar-refractivity contribution in [3.63, 3.8) is 0 Å². The van der Waals surface area contributed by atoms with Gasteiger partial charge in [-0.1, -0.05) is 30.3 Å². The van der Waals surface area contributed by atoms with E-state index in [9.17, 15) is 22.8 Å². The number of alkyl halides is 3. The molecule has 0 spiro atoms. The third kappa shape index (κ3) is 4.84. The number of piperazine rings is 1. The van der Waals surface area contributed by atoms with Crippen LogP contribution in [-0.4, -0.2) is 60.4 Å². The summed E-state index contributed by atoms with van der Waals surface area (Å²) in [5.41, 5.74) is 0.601. The van der Waals surface area contributed by atoms with Gasteiger partial charge in [0.1, 0.15) is 6.54 Å². The number of nitrogens with zero attached hydrogens (tertiary/aromatic N) is 2. The fourth-order valence-electron chi connectivity index (χ4n) is 2.36. The van der Waals surface area contributed by atoms with Crippen molar-refractivity contribution in [2.24, 2.45) is 0 Å². The highest BCUT2D eigenvalue weighted by atomic mass is 19.4. The quantitative estimate of drug-likeness (QED) is 0.780. The summed E-state index contributed by atoms with van der Waals surface area (Å²) in [5, 5.41) is 0. The van der Waals surface area contributed by atoms with Crippen molar-refractivity contribution in [3.8, 4) is 0 Å². The van der Waals surface area contributed by atoms with Crippen LogP contribution in [-0.2, 0) is 4.79 Å². The van der Waals surface area contributed by atoms with Crippen LogP contribution in [0.2, 0.25) is 0 Å². The molecule has 7 heteroatoms. The molecule has 1 fully saturated rings. The van der Waals surface area contributed by atoms with E-state index in [1.807, 2.05) is 6.07 Å². The molecule has 0 N–H and O–H groups in total. The Bertz CT molecular complexity index is 531. The van der Waals surface area contributed by atoms with Crippen LogP contribution in [0.1, 0.15) is 16.8 Å². The summed E-state index contributed by atoms with van der Waals surface area (Å²) in [4.78, 5) is 26.2. The van der Waals surface area contributed by atoms with Gasteiger partial charge in [0.2, 0.25) is 5.91 Å². The summed E-state index contributed by atoms with van der Waals surface area (Å²) in [6.45, 7) is -0.512. The van der Waals surface area contributed by atoms with Gasteiger partial charge >= 0.3 is 6.18 Å². The molecule has 0 atom stereocenters. The van der Waals surface area contributed by atoms with E-state index >= 15 is 0 Å². The molecule has 2 rings (SSSR count). The van der Waals surface area contributed by atoms with Gasteiger partial charge in [0.05, 0.1) is 6.54 Å². The summed E-state index contributed by atoms with van der Waals surface area (Å²) in [5.74, 6) is -0.582. The van der Waals surface area contributed by atoms with Crippen molar-refractivity contribution in [1.29, 1.82) is 0 Å². The maximum absolute atomic E-state index is 12.3. The average molecular weight is 314 g/mol. The van der Waals surface area contributed by atoms with Crippen LogP contribution in [0.3, 0.4) is 0 Å². The zero-order chi connectivity index (χ0) is 16.2. The number of carbonyl (C=O) groups excluding carboxylic acids is 2. The minimum Gasteiger partial charge on any atom is -0.331 e. The number of hydrogen-bond donors (Lipinski definition) is 0. The molecule has 1 aliphatic heterocycles. The van der Waals surface area contributed by atoms with E-state index in [0.29, 0.717) is 18.7 Å². The Morgan fingerprint density at radius 3 is 2.41 bits per heavy atom. The van der Waals surface area contributed by atoms with Crippen molar-refractivity contribution in [2.45, 2.75) is 12.6 Å². The number of benzene rings is 1. The van der Waals surface area contributed by atoms with E-state index in [0.717, 1.165) is 4.90 Å². The molecular formula is C15H17F3N2O2. The number of Topliss-reactive ketones (excluding diaryl/α,β-unsaturated/α-hetero) is 1. The molecule has 0 radical (unpaired) electrons. The molecule has 22 heavy (non-hydrogen) atoms. The predicted octanol–water partition coefficient (Wildman–Crippen LogP) is 1.97. The van der Waals surface area contributed by atoms with E-state index in [1.165, 1.54) is 0 Å². The lowest BCUT2D eigenvalue weighted by atomic mass is 10.1. The van der Waals surface area contributed by atoms with Gasteiger partial charge < -0.3 is 4.90 Å². The third-order valence-corrected chi connectivity index (χ3v) is 3.52. The smallest absolute Gasteiger partial charge is 0.331 e. The van der Waals surface area contributed by atoms with Gasteiger partial charge in [-0.2, -0.15) is 13.2 Å². The van der Waals surface area contributed by atoms with Gasteiger partial charge in [-0.15, -0.1) is 0 Å². The highest BCUT2D eigenvalue weighted by Crippen LogP contribution is 2.18. The summed E-state index contributed by atoms with van der Waals surface area (Å²) < 4.78 is 36.9. The maximum atomic E-state index is 12.3. The Labute approximate surface area is 126 Å². The Morgan fingerprint density at radius 2 is 1.82 bits per heavy atom. The second-order valence-corrected chi connectivity index (χ2v) is 5.25. The van der Waals surface area contributed by atoms with Gasteiger partial charge in [-0.05, 0) is 0 Å². The van der Waals surface area contributed by atoms with Gasteiger partial charge in [0.15, 0.2) is 5.78 Å². The zero-order valence-corrected chi connectivity index (χ0v) is 12.0. The van der Waals surface area contributed by atoms with E-state index in [4.69, 9.17) is 0 Å². The second-order valence-electron chi connectivity index (χ2n) is 5.25. The van der Waals surface area contributed by atoms with Crippen molar-refractivity contribution < 1.29 is 22.8 Å². The SMILES string of the molecule is O=C(CCN1CCN(CC(F)(F)F)C(=O)C1)c1ccccc1. The molecule has 1 amide bonds. The highest BCUT2D eigenvalue weighted by molar-refractivity contribution is 5.96. The molecule has 1 aromatic carbocycles. The second kappa shape index (κ2) is 6.91. The molecule has 120 valence electrons. The number of amides is 1. The van der Waals surface area contributed by atoms with E-state index < -0.39 is 18.6 Å². The maximum Gasteiger partial charge on any atom is 0.406 e. The Morgan fingerprint density at radius 1 is 1.14 bits per heavy atom. The Balaban J connectivity index is 1.79. The first kappa shape index (κ1) is 16.5. The van der Waals surface area contributed by atoms with Gasteiger partial charge in [-0.3, -0.25) is 14.5 Å². The number of carbonyl (C=O) groups is 2. The topological polar surface area (TPSA) is 40.6 Å². The van der Waals surface area contributed by atoms with E-state index in [1.54, 1.807) is 29.2 Å². The third-order valence-electron chi connectivity index (χ3n) is 3.52. The summed E-state index contributed by atoms with van der Waals surface area (Å²) in [7, 11) is 0. The number of rotatable bonds is 5. The Kier molecular flexibility index (Phi) is 5.18. The molecule has 0 aromatic heterocycles. The normalized spacial score (nSPS) is 16.9. The first-order valence-electron chi connectivity index (χ1n) is 7.00. The van der Waals surface area contributed by atoms with Crippen LogP contribution in [0.4, 0.5) is 13.2 Å². The van der Waals surface area contributed by atoms with Crippen LogP contribution in [0.5, 0.6) is 0 Å². The summed E-state index contributed by atoms with van der Waals surface area (Å²) >= 11 is 0. The van der Waals surface area contributed by atoms with Crippen LogP contribution in [0, 0.1) is 0 Å². The Hall–Kier alpha value is -1.89. The van der Waals surface area contributed by atoms with Crippen LogP contribution >= 0.6 is 0 Å². The summed E-state index contributed by atoms with van der Waals surface area (Å²) in [6, 6.07) is 8.79. The molecule has 1 heterocycles. The molecule has 1 saturated heterocycles. The molecular weight excluding hydrogens is 297 g/mol. The minimum absolute atomic E-state index is 0.0363. The lowest BCUT2D eigenvalue weighted by molar-refractivity contribution is -0.165. The van der Waals surface area contributed by atoms with Crippen molar-refractivity contribution in [2.75, 3.05) is 32.7 Å². The van der Waals surface area contributed by atoms with Crippen LogP contribution in [0.15, 0.2) is 30.3 Å². The van der Waals surface area contributed by atoms with E-state index in [-0.39, 0.29) is 25.3 Å². The summed E-state index contributed by atoms with van der Waals surface area (Å²) in [6.07, 6.45) is -4.13. The average Bonchev–Trinajstić information content (AvgIpc) is 2.47. The molecule has 1 aliphatic rings. The van der Waals surface area contributed by atoms with Gasteiger partial charge in [-0.25, -0.2) is 0 Å². The van der Waals surface area contributed by atoms with Crippen molar-refractivity contribution in [3.05, 3.63) is 35.9 Å². The van der Waals surface area contributed by atoms with E-state index in [2.05, 4.69) is 0 Å². The molecule has 0 unspecified atom stereocenters. The molecule has 0 aliphatic carbocycles. The number of ketones is 1. The van der Waals surface area contributed by atoms with Gasteiger partial charge in [0, 0.05) is 31.6 Å². The molecule has 1 aromatic rings. The zero-order valence-electron chi connectivity index (χ0n) is 12.0. The van der Waals surface area contributed by atoms with Crippen molar-refractivity contribution in [1.82, 2.24) is 9.80 Å². The lowest BCUT2D eigenvalue weighted by Crippen LogP contribution is -2.53. The van der Waals surface area contributed by atoms with Crippen LogP contribution in [0.25, 0.3) is 0 Å².